The number of hydrogen-bond donors (Lipinski definition) is 0. The topological polar surface area (TPSA) is 58.7 Å². The third-order valence-corrected chi connectivity index (χ3v) is 11.8. The van der Waals surface area contributed by atoms with Gasteiger partial charge in [-0.1, -0.05) is 109 Å². The van der Waals surface area contributed by atoms with Gasteiger partial charge < -0.3 is 11.1 Å². The molecule has 0 N–H and O–H groups in total. The summed E-state index contributed by atoms with van der Waals surface area (Å²) in [6.45, 7) is 0. The van der Waals surface area contributed by atoms with Gasteiger partial charge in [-0.2, -0.15) is 0 Å². The first-order valence-electron chi connectivity index (χ1n) is 13.4. The normalized spacial score (nSPS) is 9.76. The summed E-state index contributed by atoms with van der Waals surface area (Å²) in [5, 5.41) is 8.61. The van der Waals surface area contributed by atoms with E-state index in [1.54, 1.807) is 0 Å². The van der Waals surface area contributed by atoms with Crippen LogP contribution in [0.5, 0.6) is 0 Å². The zero-order valence-electron chi connectivity index (χ0n) is 23.0. The Hall–Kier alpha value is -3.82. The molecule has 0 aliphatic heterocycles. The van der Waals surface area contributed by atoms with E-state index in [0.717, 1.165) is 0 Å². The van der Waals surface area contributed by atoms with E-state index >= 15 is 0 Å². The fourth-order valence-electron chi connectivity index (χ4n) is 4.63. The fraction of sp³-hybridized carbons (Fsp3) is 0. The smallest absolute Gasteiger partial charge is 0.0620 e. The summed E-state index contributed by atoms with van der Waals surface area (Å²) in [5.41, 5.74) is 13.5. The van der Waals surface area contributed by atoms with Crippen LogP contribution in [0.25, 0.3) is 16.0 Å². The van der Waals surface area contributed by atoms with Crippen LogP contribution < -0.4 is 31.8 Å². The van der Waals surface area contributed by atoms with Crippen molar-refractivity contribution in [1.82, 2.24) is 0 Å². The molecule has 1 radical (unpaired) electrons. The van der Waals surface area contributed by atoms with Crippen LogP contribution in [0, 0.1) is 0 Å². The van der Waals surface area contributed by atoms with Crippen molar-refractivity contribution in [3.63, 3.8) is 0 Å². The van der Waals surface area contributed by atoms with Crippen LogP contribution in [0.1, 0.15) is 0 Å². The zero-order chi connectivity index (χ0) is 28.5. The molecule has 0 aliphatic rings. The van der Waals surface area contributed by atoms with Gasteiger partial charge in [0.25, 0.3) is 0 Å². The third kappa shape index (κ3) is 9.63. The van der Waals surface area contributed by atoms with Crippen LogP contribution in [0.4, 0.5) is 0 Å². The molecular formula is C36H33N3P2Pt+2. The Bertz CT molecular complexity index is 1280. The summed E-state index contributed by atoms with van der Waals surface area (Å²) in [7, 11) is -1.75. The predicted molar refractivity (Wildman–Crippen MR) is 185 cm³/mol. The molecule has 6 aromatic rings. The van der Waals surface area contributed by atoms with E-state index in [4.69, 9.17) is 11.1 Å². The molecule has 6 rings (SSSR count). The minimum absolute atomic E-state index is 0. The standard InChI is InChI=1S/2C18H15P.N3.Pt.H/c2*1-4-10-16(11-5-1)19(17-12-6-2-7-13-17)18-14-8-3-9-15-18;1-3-2;;/h2*1-15H;;;/q;;-1;+1;/p+2. The van der Waals surface area contributed by atoms with Crippen molar-refractivity contribution in [3.05, 3.63) is 198 Å². The first-order chi connectivity index (χ1) is 20.3. The summed E-state index contributed by atoms with van der Waals surface area (Å²) in [6.07, 6.45) is 0. The van der Waals surface area contributed by atoms with Gasteiger partial charge in [-0.05, 0) is 72.8 Å². The van der Waals surface area contributed by atoms with E-state index in [1.165, 1.54) is 36.7 Å². The molecule has 210 valence electrons. The first kappa shape index (κ1) is 32.7. The third-order valence-electron chi connectivity index (χ3n) is 6.37. The molecule has 0 spiro atoms. The van der Waals surface area contributed by atoms with Gasteiger partial charge in [-0.3, -0.25) is 4.91 Å². The number of rotatable bonds is 6. The van der Waals surface area contributed by atoms with Crippen molar-refractivity contribution in [3.8, 4) is 0 Å². The minimum atomic E-state index is -0.877. The van der Waals surface area contributed by atoms with Crippen molar-refractivity contribution in [2.45, 2.75) is 0 Å². The molecule has 6 aromatic carbocycles. The molecule has 0 heterocycles. The average Bonchev–Trinajstić information content (AvgIpc) is 3.05. The van der Waals surface area contributed by atoms with Gasteiger partial charge >= 0.3 is 21.1 Å². The molecule has 0 amide bonds. The van der Waals surface area contributed by atoms with Gasteiger partial charge in [0.2, 0.25) is 0 Å². The molecule has 6 heteroatoms. The van der Waals surface area contributed by atoms with Crippen LogP contribution in [0.3, 0.4) is 0 Å². The molecule has 0 fully saturated rings. The molecule has 42 heavy (non-hydrogen) atoms. The van der Waals surface area contributed by atoms with Crippen LogP contribution in [0.15, 0.2) is 182 Å². The van der Waals surface area contributed by atoms with E-state index in [-0.39, 0.29) is 21.1 Å². The molecule has 0 aliphatic carbocycles. The van der Waals surface area contributed by atoms with Crippen molar-refractivity contribution in [1.29, 1.82) is 0 Å². The van der Waals surface area contributed by atoms with Gasteiger partial charge in [-0.25, -0.2) is 0 Å². The SMILES string of the molecule is [N-]=[N+]=[N-].[PtH+].c1ccc([PH+](c2ccccc2)c2ccccc2)cc1.c1ccc([PH+](c2ccccc2)c2ccccc2)cc1. The molecule has 0 saturated heterocycles. The van der Waals surface area contributed by atoms with E-state index in [0.29, 0.717) is 0 Å². The van der Waals surface area contributed by atoms with Crippen LogP contribution >= 0.6 is 15.8 Å². The van der Waals surface area contributed by atoms with Gasteiger partial charge in [0.1, 0.15) is 31.8 Å². The number of nitrogens with zero attached hydrogens (tertiary/aromatic N) is 3. The maximum Gasteiger partial charge on any atom is 0.102 e. The summed E-state index contributed by atoms with van der Waals surface area (Å²) in [4.78, 5) is 1.50. The molecule has 0 atom stereocenters. The Morgan fingerprint density at radius 3 is 0.524 bits per heavy atom. The molecule has 3 nitrogen and oxygen atoms in total. The quantitative estimate of drug-likeness (QED) is 0.0764. The van der Waals surface area contributed by atoms with Crippen LogP contribution in [-0.4, -0.2) is 0 Å². The second kappa shape index (κ2) is 18.6. The summed E-state index contributed by atoms with van der Waals surface area (Å²) in [6, 6.07) is 65.0. The Labute approximate surface area is 265 Å². The second-order valence-corrected chi connectivity index (χ2v) is 14.0. The predicted octanol–water partition coefficient (Wildman–Crippen LogP) is 6.95. The molecule has 0 aromatic heterocycles. The van der Waals surface area contributed by atoms with Crippen molar-refractivity contribution in [2.75, 3.05) is 0 Å². The Kier molecular flexibility index (Phi) is 14.5. The number of hydrogen-bond acceptors (Lipinski definition) is 0. The summed E-state index contributed by atoms with van der Waals surface area (Å²) < 4.78 is 0. The fourth-order valence-corrected chi connectivity index (χ4v) is 9.78. The monoisotopic (exact) mass is 764 g/mol. The van der Waals surface area contributed by atoms with E-state index < -0.39 is 15.8 Å². The largest absolute Gasteiger partial charge is 0.102 e. The van der Waals surface area contributed by atoms with E-state index in [2.05, 4.69) is 182 Å². The first-order valence-corrected chi connectivity index (χ1v) is 16.4. The van der Waals surface area contributed by atoms with Crippen LogP contribution in [0.2, 0.25) is 0 Å². The van der Waals surface area contributed by atoms with Crippen molar-refractivity contribution in [2.24, 2.45) is 0 Å². The second-order valence-electron chi connectivity index (χ2n) is 9.04. The Morgan fingerprint density at radius 1 is 0.286 bits per heavy atom. The van der Waals surface area contributed by atoms with E-state index in [1.807, 2.05) is 0 Å². The summed E-state index contributed by atoms with van der Waals surface area (Å²) >= 11 is 0. The molecule has 0 unspecified atom stereocenters. The maximum absolute atomic E-state index is 6.75. The summed E-state index contributed by atoms with van der Waals surface area (Å²) in [5.74, 6) is 0. The Balaban J connectivity index is 0.000000207. The average molecular weight is 765 g/mol. The van der Waals surface area contributed by atoms with Gasteiger partial charge in [0, 0.05) is 0 Å². The minimum Gasteiger partial charge on any atom is -0.0620 e. The van der Waals surface area contributed by atoms with Crippen LogP contribution in [-0.2, 0) is 21.1 Å². The van der Waals surface area contributed by atoms with Gasteiger partial charge in [0.05, 0.1) is 15.8 Å². The Morgan fingerprint density at radius 2 is 0.405 bits per heavy atom. The van der Waals surface area contributed by atoms with Gasteiger partial charge in [-0.15, -0.1) is 0 Å². The van der Waals surface area contributed by atoms with Gasteiger partial charge in [0.15, 0.2) is 0 Å². The van der Waals surface area contributed by atoms with Crippen molar-refractivity contribution >= 4 is 47.7 Å². The van der Waals surface area contributed by atoms with Crippen molar-refractivity contribution < 1.29 is 21.1 Å². The molecule has 0 saturated carbocycles. The molecular weight excluding hydrogens is 731 g/mol. The molecule has 0 bridgehead atoms. The zero-order valence-corrected chi connectivity index (χ0v) is 27.4. The maximum atomic E-state index is 6.75. The van der Waals surface area contributed by atoms with E-state index in [9.17, 15) is 0 Å². The number of benzene rings is 6.